The Morgan fingerprint density at radius 1 is 1.10 bits per heavy atom. The number of fused-ring (bicyclic) bond motifs is 1. The first-order valence-electron chi connectivity index (χ1n) is 6.76. The van der Waals surface area contributed by atoms with Crippen LogP contribution >= 0.6 is 0 Å². The molecule has 0 aliphatic rings. The van der Waals surface area contributed by atoms with Gasteiger partial charge in [-0.3, -0.25) is 9.78 Å². The number of phenols is 1. The summed E-state index contributed by atoms with van der Waals surface area (Å²) in [5.74, 6) is -0.231. The predicted molar refractivity (Wildman–Crippen MR) is 82.8 cm³/mol. The summed E-state index contributed by atoms with van der Waals surface area (Å²) in [6.07, 6.45) is 1.57. The molecule has 1 N–H and O–H groups in total. The number of ketones is 1. The second-order valence-electron chi connectivity index (χ2n) is 5.22. The van der Waals surface area contributed by atoms with Gasteiger partial charge in [-0.25, -0.2) is 0 Å². The molecule has 1 heterocycles. The van der Waals surface area contributed by atoms with Crippen molar-refractivity contribution in [3.63, 3.8) is 0 Å². The zero-order valence-electron chi connectivity index (χ0n) is 11.9. The average Bonchev–Trinajstić information content (AvgIpc) is 2.46. The Bertz CT molecular complexity index is 853. The number of aromatic hydroxyl groups is 1. The van der Waals surface area contributed by atoms with Crippen molar-refractivity contribution in [3.8, 4) is 5.75 Å². The van der Waals surface area contributed by atoms with Crippen LogP contribution in [0.5, 0.6) is 5.75 Å². The molecule has 104 valence electrons. The van der Waals surface area contributed by atoms with Gasteiger partial charge < -0.3 is 5.11 Å². The molecule has 0 atom stereocenters. The van der Waals surface area contributed by atoms with Crippen LogP contribution in [0.15, 0.2) is 48.7 Å². The molecule has 0 spiro atoms. The minimum absolute atomic E-state index is 0.0109. The fourth-order valence-electron chi connectivity index (χ4n) is 2.53. The van der Waals surface area contributed by atoms with E-state index in [4.69, 9.17) is 0 Å². The highest BCUT2D eigenvalue weighted by Crippen LogP contribution is 2.23. The zero-order chi connectivity index (χ0) is 15.0. The molecule has 0 aliphatic carbocycles. The molecule has 21 heavy (non-hydrogen) atoms. The molecule has 3 aromatic rings. The number of pyridine rings is 1. The fourth-order valence-corrected chi connectivity index (χ4v) is 2.53. The number of hydrogen-bond acceptors (Lipinski definition) is 3. The molecule has 3 rings (SSSR count). The van der Waals surface area contributed by atoms with Gasteiger partial charge in [0.1, 0.15) is 5.75 Å². The molecule has 0 aliphatic heterocycles. The monoisotopic (exact) mass is 277 g/mol. The van der Waals surface area contributed by atoms with E-state index < -0.39 is 0 Å². The second kappa shape index (κ2) is 5.02. The molecule has 0 fully saturated rings. The Morgan fingerprint density at radius 2 is 1.86 bits per heavy atom. The maximum absolute atomic E-state index is 12.5. The minimum atomic E-state index is -0.220. The lowest BCUT2D eigenvalue weighted by Crippen LogP contribution is -2.02. The first kappa shape index (κ1) is 13.3. The van der Waals surface area contributed by atoms with Crippen molar-refractivity contribution in [1.82, 2.24) is 4.98 Å². The summed E-state index contributed by atoms with van der Waals surface area (Å²) in [5.41, 5.74) is 3.89. The number of benzene rings is 2. The second-order valence-corrected chi connectivity index (χ2v) is 5.22. The molecular weight excluding hydrogens is 262 g/mol. The largest absolute Gasteiger partial charge is 0.507 e. The molecule has 3 heteroatoms. The Morgan fingerprint density at radius 3 is 2.62 bits per heavy atom. The normalized spacial score (nSPS) is 10.8. The standard InChI is InChI=1S/C18H15NO2/c1-11-7-12(2)15-9-13(10-19-16(15)8-11)18(21)14-5-3-4-6-17(14)20/h3-10,20H,1-2H3. The van der Waals surface area contributed by atoms with Crippen molar-refractivity contribution in [2.24, 2.45) is 0 Å². The summed E-state index contributed by atoms with van der Waals surface area (Å²) in [4.78, 5) is 16.9. The van der Waals surface area contributed by atoms with E-state index in [0.29, 0.717) is 11.1 Å². The van der Waals surface area contributed by atoms with Gasteiger partial charge in [0.2, 0.25) is 0 Å². The topological polar surface area (TPSA) is 50.2 Å². The first-order chi connectivity index (χ1) is 10.1. The Balaban J connectivity index is 2.14. The summed E-state index contributed by atoms with van der Waals surface area (Å²) < 4.78 is 0. The van der Waals surface area contributed by atoms with Crippen molar-refractivity contribution in [3.05, 3.63) is 70.9 Å². The predicted octanol–water partition coefficient (Wildman–Crippen LogP) is 3.79. The van der Waals surface area contributed by atoms with Gasteiger partial charge in [0, 0.05) is 17.1 Å². The van der Waals surface area contributed by atoms with Crippen LogP contribution in [-0.4, -0.2) is 15.9 Å². The summed E-state index contributed by atoms with van der Waals surface area (Å²) in [5, 5.41) is 10.8. The van der Waals surface area contributed by atoms with Crippen LogP contribution < -0.4 is 0 Å². The van der Waals surface area contributed by atoms with Crippen LogP contribution in [-0.2, 0) is 0 Å². The number of aromatic nitrogens is 1. The molecular formula is C18H15NO2. The van der Waals surface area contributed by atoms with Gasteiger partial charge in [-0.15, -0.1) is 0 Å². The third kappa shape index (κ3) is 2.38. The minimum Gasteiger partial charge on any atom is -0.507 e. The molecule has 3 nitrogen and oxygen atoms in total. The smallest absolute Gasteiger partial charge is 0.198 e. The quantitative estimate of drug-likeness (QED) is 0.725. The fraction of sp³-hybridized carbons (Fsp3) is 0.111. The number of aryl methyl sites for hydroxylation is 2. The van der Waals surface area contributed by atoms with E-state index in [1.807, 2.05) is 26.0 Å². The number of carbonyl (C=O) groups excluding carboxylic acids is 1. The van der Waals surface area contributed by atoms with E-state index in [2.05, 4.69) is 11.1 Å². The number of carbonyl (C=O) groups is 1. The number of nitrogens with zero attached hydrogens (tertiary/aromatic N) is 1. The Hall–Kier alpha value is -2.68. The zero-order valence-corrected chi connectivity index (χ0v) is 11.9. The van der Waals surface area contributed by atoms with Gasteiger partial charge >= 0.3 is 0 Å². The highest BCUT2D eigenvalue weighted by atomic mass is 16.3. The molecule has 0 unspecified atom stereocenters. The van der Waals surface area contributed by atoms with Crippen LogP contribution in [0.1, 0.15) is 27.0 Å². The molecule has 0 saturated carbocycles. The lowest BCUT2D eigenvalue weighted by molar-refractivity contribution is 0.103. The maximum Gasteiger partial charge on any atom is 0.198 e. The summed E-state index contributed by atoms with van der Waals surface area (Å²) in [6, 6.07) is 12.5. The SMILES string of the molecule is Cc1cc(C)c2cc(C(=O)c3ccccc3O)cnc2c1. The van der Waals surface area contributed by atoms with Crippen LogP contribution in [0.3, 0.4) is 0 Å². The molecule has 0 amide bonds. The third-order valence-electron chi connectivity index (χ3n) is 3.56. The summed E-state index contributed by atoms with van der Waals surface area (Å²) >= 11 is 0. The van der Waals surface area contributed by atoms with E-state index >= 15 is 0 Å². The lowest BCUT2D eigenvalue weighted by Gasteiger charge is -2.07. The summed E-state index contributed by atoms with van der Waals surface area (Å²) in [6.45, 7) is 4.03. The first-order valence-corrected chi connectivity index (χ1v) is 6.76. The highest BCUT2D eigenvalue weighted by Gasteiger charge is 2.14. The van der Waals surface area contributed by atoms with E-state index in [0.717, 1.165) is 22.0 Å². The van der Waals surface area contributed by atoms with E-state index in [1.54, 1.807) is 24.4 Å². The van der Waals surface area contributed by atoms with Gasteiger partial charge in [0.25, 0.3) is 0 Å². The lowest BCUT2D eigenvalue weighted by atomic mass is 10.00. The van der Waals surface area contributed by atoms with Gasteiger partial charge in [-0.2, -0.15) is 0 Å². The third-order valence-corrected chi connectivity index (χ3v) is 3.56. The number of phenolic OH excluding ortho intramolecular Hbond substituents is 1. The van der Waals surface area contributed by atoms with Crippen molar-refractivity contribution in [2.75, 3.05) is 0 Å². The van der Waals surface area contributed by atoms with Crippen molar-refractivity contribution >= 4 is 16.7 Å². The van der Waals surface area contributed by atoms with Crippen LogP contribution in [0.25, 0.3) is 10.9 Å². The van der Waals surface area contributed by atoms with Gasteiger partial charge in [0.15, 0.2) is 5.78 Å². The van der Waals surface area contributed by atoms with Crippen molar-refractivity contribution in [2.45, 2.75) is 13.8 Å². The Kier molecular flexibility index (Phi) is 3.18. The van der Waals surface area contributed by atoms with Gasteiger partial charge in [-0.05, 0) is 49.2 Å². The molecule has 1 aromatic heterocycles. The van der Waals surface area contributed by atoms with E-state index in [1.165, 1.54) is 6.07 Å². The van der Waals surface area contributed by atoms with Crippen LogP contribution in [0.4, 0.5) is 0 Å². The molecule has 0 bridgehead atoms. The van der Waals surface area contributed by atoms with E-state index in [-0.39, 0.29) is 11.5 Å². The number of hydrogen-bond donors (Lipinski definition) is 1. The molecule has 2 aromatic carbocycles. The van der Waals surface area contributed by atoms with Crippen LogP contribution in [0.2, 0.25) is 0 Å². The molecule has 0 radical (unpaired) electrons. The van der Waals surface area contributed by atoms with Gasteiger partial charge in [-0.1, -0.05) is 18.2 Å². The summed E-state index contributed by atoms with van der Waals surface area (Å²) in [7, 11) is 0. The van der Waals surface area contributed by atoms with E-state index in [9.17, 15) is 9.90 Å². The van der Waals surface area contributed by atoms with Crippen LogP contribution in [0, 0.1) is 13.8 Å². The molecule has 0 saturated heterocycles. The number of para-hydroxylation sites is 1. The Labute approximate surface area is 122 Å². The average molecular weight is 277 g/mol. The highest BCUT2D eigenvalue weighted by molar-refractivity contribution is 6.11. The maximum atomic E-state index is 12.5. The van der Waals surface area contributed by atoms with Gasteiger partial charge in [0.05, 0.1) is 11.1 Å². The van der Waals surface area contributed by atoms with Crippen molar-refractivity contribution < 1.29 is 9.90 Å². The van der Waals surface area contributed by atoms with Crippen molar-refractivity contribution in [1.29, 1.82) is 0 Å². The number of rotatable bonds is 2.